The SMILES string of the molecule is CCCCCC[Si](CC)(CC(CC)(CCN(C)C)CCN(C)C)OC. The van der Waals surface area contributed by atoms with E-state index in [1.807, 2.05) is 7.11 Å². The Hall–Kier alpha value is 0.0969. The molecule has 4 heteroatoms. The Kier molecular flexibility index (Phi) is 13.3. The van der Waals surface area contributed by atoms with Crippen LogP contribution in [0, 0.1) is 5.41 Å². The quantitative estimate of drug-likeness (QED) is 0.263. The average molecular weight is 373 g/mol. The van der Waals surface area contributed by atoms with Crippen molar-refractivity contribution in [3.8, 4) is 0 Å². The molecule has 0 amide bonds. The molecule has 0 rings (SSSR count). The molecule has 0 aromatic carbocycles. The molecule has 0 saturated carbocycles. The predicted molar refractivity (Wildman–Crippen MR) is 116 cm³/mol. The minimum absolute atomic E-state index is 0.442. The van der Waals surface area contributed by atoms with Gasteiger partial charge in [-0.3, -0.25) is 0 Å². The molecule has 0 aromatic heterocycles. The van der Waals surface area contributed by atoms with Crippen LogP contribution in [0.15, 0.2) is 0 Å². The van der Waals surface area contributed by atoms with E-state index in [2.05, 4.69) is 58.8 Å². The molecular weight excluding hydrogens is 324 g/mol. The third kappa shape index (κ3) is 10.1. The van der Waals surface area contributed by atoms with Gasteiger partial charge in [0.1, 0.15) is 0 Å². The Bertz CT molecular complexity index is 305. The van der Waals surface area contributed by atoms with E-state index in [9.17, 15) is 0 Å². The monoisotopic (exact) mass is 372 g/mol. The molecule has 1 unspecified atom stereocenters. The van der Waals surface area contributed by atoms with E-state index < -0.39 is 8.32 Å². The lowest BCUT2D eigenvalue weighted by Crippen LogP contribution is -2.44. The molecule has 152 valence electrons. The maximum absolute atomic E-state index is 6.35. The van der Waals surface area contributed by atoms with E-state index in [0.717, 1.165) is 0 Å². The van der Waals surface area contributed by atoms with Crippen LogP contribution in [0.2, 0.25) is 18.1 Å². The second kappa shape index (κ2) is 13.3. The topological polar surface area (TPSA) is 15.7 Å². The molecule has 0 aliphatic carbocycles. The lowest BCUT2D eigenvalue weighted by Gasteiger charge is -2.42. The Morgan fingerprint density at radius 2 is 1.40 bits per heavy atom. The number of nitrogens with zero attached hydrogens (tertiary/aromatic N) is 2. The van der Waals surface area contributed by atoms with Crippen LogP contribution in [0.25, 0.3) is 0 Å². The summed E-state index contributed by atoms with van der Waals surface area (Å²) in [5.74, 6) is 0. The van der Waals surface area contributed by atoms with Crippen molar-refractivity contribution in [2.45, 2.75) is 83.8 Å². The highest BCUT2D eigenvalue weighted by Crippen LogP contribution is 2.43. The van der Waals surface area contributed by atoms with Gasteiger partial charge < -0.3 is 14.2 Å². The van der Waals surface area contributed by atoms with Crippen molar-refractivity contribution >= 4 is 8.32 Å². The molecule has 0 spiro atoms. The van der Waals surface area contributed by atoms with Crippen molar-refractivity contribution in [1.82, 2.24) is 9.80 Å². The van der Waals surface area contributed by atoms with Gasteiger partial charge in [0, 0.05) is 7.11 Å². The molecular formula is C21H48N2OSi. The fraction of sp³-hybridized carbons (Fsp3) is 1.00. The van der Waals surface area contributed by atoms with Gasteiger partial charge in [-0.05, 0) is 77.7 Å². The normalized spacial score (nSPS) is 15.1. The smallest absolute Gasteiger partial charge is 0.192 e. The molecule has 25 heavy (non-hydrogen) atoms. The van der Waals surface area contributed by atoms with Crippen molar-refractivity contribution in [3.05, 3.63) is 0 Å². The summed E-state index contributed by atoms with van der Waals surface area (Å²) in [5, 5.41) is 0. The zero-order valence-corrected chi connectivity index (χ0v) is 19.8. The first-order valence-electron chi connectivity index (χ1n) is 10.6. The lowest BCUT2D eigenvalue weighted by atomic mass is 9.80. The van der Waals surface area contributed by atoms with Crippen LogP contribution >= 0.6 is 0 Å². The Balaban J connectivity index is 5.19. The molecule has 0 aliphatic heterocycles. The van der Waals surface area contributed by atoms with Crippen molar-refractivity contribution in [3.63, 3.8) is 0 Å². The highest BCUT2D eigenvalue weighted by Gasteiger charge is 2.41. The highest BCUT2D eigenvalue weighted by molar-refractivity contribution is 6.73. The van der Waals surface area contributed by atoms with Gasteiger partial charge in [0.2, 0.25) is 0 Å². The summed E-state index contributed by atoms with van der Waals surface area (Å²) in [7, 11) is 9.20. The largest absolute Gasteiger partial charge is 0.420 e. The zero-order valence-electron chi connectivity index (χ0n) is 18.8. The van der Waals surface area contributed by atoms with Gasteiger partial charge in [0.05, 0.1) is 0 Å². The standard InChI is InChI=1S/C21H48N2OSi/c1-9-12-13-14-19-25(11-3,24-8)20-21(10-2,15-17-22(4)5)16-18-23(6)7/h9-20H2,1-8H3. The average Bonchev–Trinajstić information content (AvgIpc) is 2.60. The first-order valence-corrected chi connectivity index (χ1v) is 13.2. The van der Waals surface area contributed by atoms with Crippen LogP contribution in [-0.2, 0) is 4.43 Å². The maximum atomic E-state index is 6.35. The van der Waals surface area contributed by atoms with Gasteiger partial charge in [-0.15, -0.1) is 0 Å². The second-order valence-corrected chi connectivity index (χ2v) is 13.0. The summed E-state index contributed by atoms with van der Waals surface area (Å²) in [6, 6.07) is 3.96. The van der Waals surface area contributed by atoms with E-state index in [4.69, 9.17) is 4.43 Å². The summed E-state index contributed by atoms with van der Waals surface area (Å²) in [6.07, 6.45) is 9.32. The molecule has 3 nitrogen and oxygen atoms in total. The molecule has 0 heterocycles. The number of hydrogen-bond donors (Lipinski definition) is 0. The van der Waals surface area contributed by atoms with Crippen LogP contribution in [0.1, 0.15) is 65.7 Å². The van der Waals surface area contributed by atoms with E-state index in [0.29, 0.717) is 5.41 Å². The minimum atomic E-state index is -1.63. The Labute approximate surface area is 160 Å². The molecule has 0 saturated heterocycles. The molecule has 0 N–H and O–H groups in total. The fourth-order valence-corrected chi connectivity index (χ4v) is 8.25. The second-order valence-electron chi connectivity index (χ2n) is 8.69. The minimum Gasteiger partial charge on any atom is -0.420 e. The highest BCUT2D eigenvalue weighted by atomic mass is 28.4. The van der Waals surface area contributed by atoms with Crippen LogP contribution < -0.4 is 0 Å². The van der Waals surface area contributed by atoms with Crippen LogP contribution in [0.4, 0.5) is 0 Å². The third-order valence-electron chi connectivity index (χ3n) is 6.19. The Morgan fingerprint density at radius 3 is 1.76 bits per heavy atom. The Morgan fingerprint density at radius 1 is 0.840 bits per heavy atom. The lowest BCUT2D eigenvalue weighted by molar-refractivity contribution is 0.189. The summed E-state index contributed by atoms with van der Waals surface area (Å²) >= 11 is 0. The molecule has 0 fully saturated rings. The zero-order chi connectivity index (χ0) is 19.3. The molecule has 1 atom stereocenters. The third-order valence-corrected chi connectivity index (χ3v) is 11.0. The molecule has 0 aromatic rings. The summed E-state index contributed by atoms with van der Waals surface area (Å²) in [5.41, 5.74) is 0.442. The van der Waals surface area contributed by atoms with E-state index in [-0.39, 0.29) is 0 Å². The summed E-state index contributed by atoms with van der Waals surface area (Å²) in [4.78, 5) is 4.70. The van der Waals surface area contributed by atoms with E-state index in [1.165, 1.54) is 76.2 Å². The van der Waals surface area contributed by atoms with Gasteiger partial charge in [-0.25, -0.2) is 0 Å². The van der Waals surface area contributed by atoms with Crippen molar-refractivity contribution < 1.29 is 4.43 Å². The van der Waals surface area contributed by atoms with Gasteiger partial charge in [0.25, 0.3) is 0 Å². The van der Waals surface area contributed by atoms with E-state index in [1.54, 1.807) is 0 Å². The summed E-state index contributed by atoms with van der Waals surface area (Å²) < 4.78 is 6.35. The maximum Gasteiger partial charge on any atom is 0.192 e. The van der Waals surface area contributed by atoms with Crippen LogP contribution in [0.5, 0.6) is 0 Å². The number of hydrogen-bond acceptors (Lipinski definition) is 3. The van der Waals surface area contributed by atoms with Crippen molar-refractivity contribution in [1.29, 1.82) is 0 Å². The predicted octanol–water partition coefficient (Wildman–Crippen LogP) is 5.48. The van der Waals surface area contributed by atoms with Crippen molar-refractivity contribution in [2.75, 3.05) is 48.4 Å². The number of unbranched alkanes of at least 4 members (excludes halogenated alkanes) is 3. The van der Waals surface area contributed by atoms with Crippen LogP contribution in [-0.4, -0.2) is 66.5 Å². The molecule has 0 radical (unpaired) electrons. The molecule has 0 bridgehead atoms. The summed E-state index contributed by atoms with van der Waals surface area (Å²) in [6.45, 7) is 9.47. The van der Waals surface area contributed by atoms with Gasteiger partial charge in [-0.1, -0.05) is 52.9 Å². The van der Waals surface area contributed by atoms with Crippen LogP contribution in [0.3, 0.4) is 0 Å². The number of rotatable bonds is 16. The first-order chi connectivity index (χ1) is 11.8. The van der Waals surface area contributed by atoms with Gasteiger partial charge >= 0.3 is 0 Å². The van der Waals surface area contributed by atoms with Crippen molar-refractivity contribution in [2.24, 2.45) is 5.41 Å². The first kappa shape index (κ1) is 25.1. The van der Waals surface area contributed by atoms with E-state index >= 15 is 0 Å². The van der Waals surface area contributed by atoms with Gasteiger partial charge in [0.15, 0.2) is 8.32 Å². The van der Waals surface area contributed by atoms with Gasteiger partial charge in [-0.2, -0.15) is 0 Å². The fourth-order valence-electron chi connectivity index (χ4n) is 3.97. The molecule has 0 aliphatic rings.